The van der Waals surface area contributed by atoms with Gasteiger partial charge >= 0.3 is 0 Å². The second-order valence-corrected chi connectivity index (χ2v) is 4.90. The minimum atomic E-state index is -0.424. The predicted octanol–water partition coefficient (Wildman–Crippen LogP) is 1.41. The van der Waals surface area contributed by atoms with E-state index in [-0.39, 0.29) is 6.61 Å². The van der Waals surface area contributed by atoms with Gasteiger partial charge in [0.2, 0.25) is 5.91 Å². The summed E-state index contributed by atoms with van der Waals surface area (Å²) < 4.78 is 5.09. The largest absolute Gasteiger partial charge is 0.370 e. The minimum absolute atomic E-state index is 0.000642. The molecule has 1 rings (SSSR count). The third-order valence-electron chi connectivity index (χ3n) is 2.93. The van der Waals surface area contributed by atoms with Crippen LogP contribution in [0.2, 0.25) is 0 Å². The Morgan fingerprint density at radius 3 is 2.95 bits per heavy atom. The van der Waals surface area contributed by atoms with E-state index in [0.717, 1.165) is 19.4 Å². The Morgan fingerprint density at radius 1 is 1.47 bits per heavy atom. The number of hydrogen-bond donors (Lipinski definition) is 2. The normalized spacial score (nSPS) is 12.3. The maximum absolute atomic E-state index is 10.5. The summed E-state index contributed by atoms with van der Waals surface area (Å²) in [6, 6.07) is 9.03. The van der Waals surface area contributed by atoms with Crippen molar-refractivity contribution in [3.8, 4) is 0 Å². The molecular formula is C15H24N2O2. The van der Waals surface area contributed by atoms with Crippen molar-refractivity contribution in [2.24, 2.45) is 5.73 Å². The maximum atomic E-state index is 10.5. The zero-order valence-electron chi connectivity index (χ0n) is 11.8. The molecule has 0 aliphatic heterocycles. The average molecular weight is 264 g/mol. The Morgan fingerprint density at radius 2 is 2.26 bits per heavy atom. The Labute approximate surface area is 115 Å². The average Bonchev–Trinajstić information content (AvgIpc) is 2.35. The van der Waals surface area contributed by atoms with Crippen LogP contribution >= 0.6 is 0 Å². The number of hydrogen-bond acceptors (Lipinski definition) is 3. The molecule has 0 aliphatic rings. The first-order valence-electron chi connectivity index (χ1n) is 6.73. The summed E-state index contributed by atoms with van der Waals surface area (Å²) in [4.78, 5) is 10.5. The number of carbonyl (C=O) groups is 1. The van der Waals surface area contributed by atoms with Gasteiger partial charge in [-0.25, -0.2) is 0 Å². The van der Waals surface area contributed by atoms with Crippen molar-refractivity contribution < 1.29 is 9.53 Å². The fourth-order valence-electron chi connectivity index (χ4n) is 1.90. The number of nitrogens with one attached hydrogen (secondary N) is 1. The number of amides is 1. The second-order valence-electron chi connectivity index (χ2n) is 4.90. The van der Waals surface area contributed by atoms with Crippen LogP contribution in [-0.4, -0.2) is 31.7 Å². The molecule has 4 nitrogen and oxygen atoms in total. The molecule has 19 heavy (non-hydrogen) atoms. The van der Waals surface area contributed by atoms with Crippen LogP contribution in [-0.2, 0) is 16.0 Å². The van der Waals surface area contributed by atoms with Gasteiger partial charge in [0.25, 0.3) is 0 Å². The van der Waals surface area contributed by atoms with Gasteiger partial charge in [-0.2, -0.15) is 0 Å². The molecular weight excluding hydrogens is 240 g/mol. The molecule has 0 spiro atoms. The monoisotopic (exact) mass is 264 g/mol. The first-order valence-corrected chi connectivity index (χ1v) is 6.73. The molecule has 1 aromatic rings. The molecule has 106 valence electrons. The van der Waals surface area contributed by atoms with Crippen LogP contribution in [0.25, 0.3) is 0 Å². The van der Waals surface area contributed by atoms with Crippen LogP contribution in [0.1, 0.15) is 24.5 Å². The van der Waals surface area contributed by atoms with E-state index in [4.69, 9.17) is 10.5 Å². The molecule has 0 aliphatic carbocycles. The third kappa shape index (κ3) is 7.59. The molecule has 0 radical (unpaired) electrons. The molecule has 3 N–H and O–H groups in total. The highest BCUT2D eigenvalue weighted by Crippen LogP contribution is 2.07. The molecule has 0 saturated carbocycles. The summed E-state index contributed by atoms with van der Waals surface area (Å²) in [5.41, 5.74) is 7.65. The standard InChI is InChI=1S/C15H24N2O2/c1-12-4-3-5-14(10-12)7-6-13(2)17-8-9-19-11-15(16)18/h3-5,10,13,17H,6-9,11H2,1-2H3,(H2,16,18). The fourth-order valence-corrected chi connectivity index (χ4v) is 1.90. The lowest BCUT2D eigenvalue weighted by Gasteiger charge is -2.13. The Bertz CT molecular complexity index is 393. The highest BCUT2D eigenvalue weighted by atomic mass is 16.5. The smallest absolute Gasteiger partial charge is 0.243 e. The zero-order chi connectivity index (χ0) is 14.1. The quantitative estimate of drug-likeness (QED) is 0.663. The van der Waals surface area contributed by atoms with E-state index in [9.17, 15) is 4.79 Å². The first-order chi connectivity index (χ1) is 9.08. The number of benzene rings is 1. The lowest BCUT2D eigenvalue weighted by molar-refractivity contribution is -0.122. The number of carbonyl (C=O) groups excluding carboxylic acids is 1. The van der Waals surface area contributed by atoms with Gasteiger partial charge in [-0.1, -0.05) is 29.8 Å². The van der Waals surface area contributed by atoms with Crippen molar-refractivity contribution in [3.05, 3.63) is 35.4 Å². The number of ether oxygens (including phenoxy) is 1. The highest BCUT2D eigenvalue weighted by Gasteiger charge is 2.02. The van der Waals surface area contributed by atoms with Gasteiger partial charge in [0.1, 0.15) is 6.61 Å². The number of aryl methyl sites for hydroxylation is 2. The highest BCUT2D eigenvalue weighted by molar-refractivity contribution is 5.74. The van der Waals surface area contributed by atoms with Crippen LogP contribution in [0.15, 0.2) is 24.3 Å². The third-order valence-corrected chi connectivity index (χ3v) is 2.93. The lowest BCUT2D eigenvalue weighted by Crippen LogP contribution is -2.31. The Hall–Kier alpha value is -1.39. The molecule has 1 atom stereocenters. The van der Waals surface area contributed by atoms with E-state index in [1.54, 1.807) is 0 Å². The molecule has 0 heterocycles. The summed E-state index contributed by atoms with van der Waals surface area (Å²) in [7, 11) is 0. The first kappa shape index (κ1) is 15.7. The molecule has 0 saturated heterocycles. The van der Waals surface area contributed by atoms with E-state index in [1.165, 1.54) is 11.1 Å². The van der Waals surface area contributed by atoms with Crippen LogP contribution in [0.3, 0.4) is 0 Å². The van der Waals surface area contributed by atoms with E-state index in [2.05, 4.69) is 43.4 Å². The molecule has 4 heteroatoms. The predicted molar refractivity (Wildman–Crippen MR) is 77.0 cm³/mol. The molecule has 1 amide bonds. The van der Waals surface area contributed by atoms with E-state index in [0.29, 0.717) is 12.6 Å². The molecule has 0 fully saturated rings. The maximum Gasteiger partial charge on any atom is 0.243 e. The Balaban J connectivity index is 2.11. The molecule has 0 aromatic heterocycles. The van der Waals surface area contributed by atoms with Gasteiger partial charge in [-0.05, 0) is 32.3 Å². The summed E-state index contributed by atoms with van der Waals surface area (Å²) in [6.45, 7) is 5.52. The molecule has 1 aromatic carbocycles. The topological polar surface area (TPSA) is 64.3 Å². The van der Waals surface area contributed by atoms with Crippen LogP contribution < -0.4 is 11.1 Å². The molecule has 0 bridgehead atoms. The van der Waals surface area contributed by atoms with Crippen molar-refractivity contribution in [1.29, 1.82) is 0 Å². The number of primary amides is 1. The van der Waals surface area contributed by atoms with Crippen molar-refractivity contribution >= 4 is 5.91 Å². The Kier molecular flexibility index (Phi) is 7.15. The summed E-state index contributed by atoms with van der Waals surface area (Å²) in [5, 5.41) is 3.36. The van der Waals surface area contributed by atoms with Crippen molar-refractivity contribution in [2.75, 3.05) is 19.8 Å². The SMILES string of the molecule is Cc1cccc(CCC(C)NCCOCC(N)=O)c1. The minimum Gasteiger partial charge on any atom is -0.370 e. The van der Waals surface area contributed by atoms with Crippen LogP contribution in [0.4, 0.5) is 0 Å². The van der Waals surface area contributed by atoms with Gasteiger partial charge in [-0.15, -0.1) is 0 Å². The van der Waals surface area contributed by atoms with Crippen LogP contribution in [0.5, 0.6) is 0 Å². The summed E-state index contributed by atoms with van der Waals surface area (Å²) in [5.74, 6) is -0.424. The van der Waals surface area contributed by atoms with E-state index in [1.807, 2.05) is 0 Å². The van der Waals surface area contributed by atoms with E-state index >= 15 is 0 Å². The van der Waals surface area contributed by atoms with Crippen LogP contribution in [0, 0.1) is 6.92 Å². The second kappa shape index (κ2) is 8.67. The lowest BCUT2D eigenvalue weighted by atomic mass is 10.0. The van der Waals surface area contributed by atoms with Crippen molar-refractivity contribution in [1.82, 2.24) is 5.32 Å². The van der Waals surface area contributed by atoms with Crippen molar-refractivity contribution in [2.45, 2.75) is 32.7 Å². The van der Waals surface area contributed by atoms with Gasteiger partial charge in [0.05, 0.1) is 6.61 Å². The fraction of sp³-hybridized carbons (Fsp3) is 0.533. The number of nitrogens with two attached hydrogens (primary N) is 1. The van der Waals surface area contributed by atoms with E-state index < -0.39 is 5.91 Å². The summed E-state index contributed by atoms with van der Waals surface area (Å²) >= 11 is 0. The number of rotatable bonds is 9. The zero-order valence-corrected chi connectivity index (χ0v) is 11.8. The van der Waals surface area contributed by atoms with Gasteiger partial charge in [0, 0.05) is 12.6 Å². The summed E-state index contributed by atoms with van der Waals surface area (Å²) in [6.07, 6.45) is 2.15. The van der Waals surface area contributed by atoms with Gasteiger partial charge < -0.3 is 15.8 Å². The van der Waals surface area contributed by atoms with Crippen molar-refractivity contribution in [3.63, 3.8) is 0 Å². The molecule has 1 unspecified atom stereocenters. The van der Waals surface area contributed by atoms with Gasteiger partial charge in [-0.3, -0.25) is 4.79 Å². The van der Waals surface area contributed by atoms with Gasteiger partial charge in [0.15, 0.2) is 0 Å².